The molecule has 1 N–H and O–H groups in total. The second kappa shape index (κ2) is 8.93. The molecule has 0 aliphatic rings. The summed E-state index contributed by atoms with van der Waals surface area (Å²) in [5, 5.41) is 6.71. The number of ether oxygens (including phenoxy) is 1. The summed E-state index contributed by atoms with van der Waals surface area (Å²) in [4.78, 5) is 12.0. The van der Waals surface area contributed by atoms with Gasteiger partial charge in [-0.05, 0) is 48.4 Å². The fourth-order valence-corrected chi connectivity index (χ4v) is 2.91. The van der Waals surface area contributed by atoms with Crippen molar-refractivity contribution in [1.29, 1.82) is 0 Å². The smallest absolute Gasteiger partial charge is 0.406 e. The Bertz CT molecular complexity index is 1050. The van der Waals surface area contributed by atoms with E-state index in [2.05, 4.69) is 10.4 Å². The number of alkyl halides is 3. The molecule has 1 amide bonds. The van der Waals surface area contributed by atoms with Crippen LogP contribution in [0.2, 0.25) is 10.0 Å². The lowest BCUT2D eigenvalue weighted by molar-refractivity contribution is -0.143. The van der Waals surface area contributed by atoms with Crippen molar-refractivity contribution in [3.63, 3.8) is 0 Å². The van der Waals surface area contributed by atoms with Gasteiger partial charge in [-0.3, -0.25) is 0 Å². The third kappa shape index (κ3) is 5.22. The summed E-state index contributed by atoms with van der Waals surface area (Å²) < 4.78 is 59.0. The molecule has 0 aliphatic heterocycles. The Balaban J connectivity index is 1.70. The third-order valence-electron chi connectivity index (χ3n) is 3.95. The Morgan fingerprint density at radius 3 is 2.43 bits per heavy atom. The van der Waals surface area contributed by atoms with Crippen LogP contribution in [0.3, 0.4) is 0 Å². The summed E-state index contributed by atoms with van der Waals surface area (Å²) in [6.45, 7) is 0.0875. The van der Waals surface area contributed by atoms with Crippen LogP contribution in [-0.4, -0.2) is 22.4 Å². The van der Waals surface area contributed by atoms with Gasteiger partial charge in [0.2, 0.25) is 0 Å². The first-order valence-corrected chi connectivity index (χ1v) is 9.21. The van der Waals surface area contributed by atoms with Crippen molar-refractivity contribution in [1.82, 2.24) is 15.1 Å². The lowest BCUT2D eigenvalue weighted by atomic mass is 10.1. The minimum Gasteiger partial charge on any atom is -0.406 e. The van der Waals surface area contributed by atoms with Crippen molar-refractivity contribution < 1.29 is 27.1 Å². The Morgan fingerprint density at radius 2 is 1.80 bits per heavy atom. The van der Waals surface area contributed by atoms with Gasteiger partial charge >= 0.3 is 12.3 Å². The van der Waals surface area contributed by atoms with E-state index in [-0.39, 0.29) is 12.2 Å². The lowest BCUT2D eigenvalue weighted by Crippen LogP contribution is -2.29. The molecular weight excluding hydrogens is 449 g/mol. The van der Waals surface area contributed by atoms with Gasteiger partial charge in [-0.2, -0.15) is 18.3 Å². The van der Waals surface area contributed by atoms with E-state index in [1.165, 1.54) is 0 Å². The standard InChI is InChI=1S/C19H13Cl2F4N3O2/c20-14-6-1-11(9-15(14)21)7-8-26-18(29)30-16-10-27-28(17(16)19(23,24)25)13-4-2-12(22)3-5-13/h1-6,9-10H,7-8H2,(H,26,29). The van der Waals surface area contributed by atoms with Gasteiger partial charge in [-0.1, -0.05) is 29.3 Å². The zero-order valence-corrected chi connectivity index (χ0v) is 16.5. The normalized spacial score (nSPS) is 11.4. The number of hydrogen-bond acceptors (Lipinski definition) is 3. The van der Waals surface area contributed by atoms with Crippen LogP contribution in [0.15, 0.2) is 48.7 Å². The SMILES string of the molecule is O=C(NCCc1ccc(Cl)c(Cl)c1)Oc1cnn(-c2ccc(F)cc2)c1C(F)(F)F. The molecule has 3 aromatic rings. The number of nitrogens with one attached hydrogen (secondary N) is 1. The summed E-state index contributed by atoms with van der Waals surface area (Å²) in [7, 11) is 0. The predicted octanol–water partition coefficient (Wildman–Crippen LogP) is 5.67. The van der Waals surface area contributed by atoms with Gasteiger partial charge in [-0.15, -0.1) is 0 Å². The molecule has 0 aliphatic carbocycles. The zero-order chi connectivity index (χ0) is 21.9. The van der Waals surface area contributed by atoms with Gasteiger partial charge in [0.1, 0.15) is 5.82 Å². The minimum absolute atomic E-state index is 0.0430. The molecule has 3 rings (SSSR count). The number of nitrogens with zero attached hydrogens (tertiary/aromatic N) is 2. The van der Waals surface area contributed by atoms with Gasteiger partial charge in [0, 0.05) is 6.54 Å². The molecule has 5 nitrogen and oxygen atoms in total. The molecule has 0 unspecified atom stereocenters. The number of carbonyl (C=O) groups excluding carboxylic acids is 1. The van der Waals surface area contributed by atoms with Crippen LogP contribution in [0.5, 0.6) is 5.75 Å². The summed E-state index contributed by atoms with van der Waals surface area (Å²) in [5.41, 5.74) is -0.572. The summed E-state index contributed by atoms with van der Waals surface area (Å²) in [5.74, 6) is -1.39. The summed E-state index contributed by atoms with van der Waals surface area (Å²) in [6.07, 6.45) is -4.84. The maximum absolute atomic E-state index is 13.5. The third-order valence-corrected chi connectivity index (χ3v) is 4.68. The molecule has 0 atom stereocenters. The molecule has 2 aromatic carbocycles. The van der Waals surface area contributed by atoms with Gasteiger partial charge in [0.25, 0.3) is 0 Å². The molecule has 0 saturated heterocycles. The molecule has 1 heterocycles. The number of benzene rings is 2. The topological polar surface area (TPSA) is 56.1 Å². The van der Waals surface area contributed by atoms with E-state index in [9.17, 15) is 22.4 Å². The molecule has 11 heteroatoms. The average Bonchev–Trinajstić information content (AvgIpc) is 3.09. The fourth-order valence-electron chi connectivity index (χ4n) is 2.59. The molecular formula is C19H13Cl2F4N3O2. The quantitative estimate of drug-likeness (QED) is 0.498. The molecule has 0 radical (unpaired) electrons. The Morgan fingerprint density at radius 1 is 1.10 bits per heavy atom. The van der Waals surface area contributed by atoms with Gasteiger partial charge < -0.3 is 10.1 Å². The second-order valence-electron chi connectivity index (χ2n) is 6.06. The van der Waals surface area contributed by atoms with E-state index in [4.69, 9.17) is 27.9 Å². The number of aromatic nitrogens is 2. The van der Waals surface area contributed by atoms with E-state index in [0.717, 1.165) is 36.0 Å². The van der Waals surface area contributed by atoms with Crippen molar-refractivity contribution in [3.05, 3.63) is 75.8 Å². The molecule has 0 fully saturated rings. The number of rotatable bonds is 5. The highest BCUT2D eigenvalue weighted by Crippen LogP contribution is 2.37. The summed E-state index contributed by atoms with van der Waals surface area (Å²) in [6, 6.07) is 9.15. The van der Waals surface area contributed by atoms with Gasteiger partial charge in [0.15, 0.2) is 11.4 Å². The largest absolute Gasteiger partial charge is 0.437 e. The summed E-state index contributed by atoms with van der Waals surface area (Å²) >= 11 is 11.7. The molecule has 0 saturated carbocycles. The number of hydrogen-bond donors (Lipinski definition) is 1. The number of amides is 1. The van der Waals surface area contributed by atoms with Crippen LogP contribution >= 0.6 is 23.2 Å². The van der Waals surface area contributed by atoms with Crippen LogP contribution in [0.1, 0.15) is 11.3 Å². The number of halogens is 6. The zero-order valence-electron chi connectivity index (χ0n) is 15.0. The number of carbonyl (C=O) groups is 1. The first kappa shape index (κ1) is 21.9. The highest BCUT2D eigenvalue weighted by atomic mass is 35.5. The van der Waals surface area contributed by atoms with Crippen molar-refractivity contribution in [2.75, 3.05) is 6.54 Å². The first-order chi connectivity index (χ1) is 14.1. The lowest BCUT2D eigenvalue weighted by Gasteiger charge is -2.13. The maximum Gasteiger partial charge on any atom is 0.437 e. The van der Waals surface area contributed by atoms with E-state index in [1.807, 2.05) is 0 Å². The molecule has 0 spiro atoms. The van der Waals surface area contributed by atoms with Crippen molar-refractivity contribution in [2.45, 2.75) is 12.6 Å². The molecule has 1 aromatic heterocycles. The van der Waals surface area contributed by atoms with E-state index >= 15 is 0 Å². The highest BCUT2D eigenvalue weighted by molar-refractivity contribution is 6.42. The second-order valence-corrected chi connectivity index (χ2v) is 6.87. The monoisotopic (exact) mass is 461 g/mol. The predicted molar refractivity (Wildman–Crippen MR) is 103 cm³/mol. The van der Waals surface area contributed by atoms with Crippen molar-refractivity contribution in [2.24, 2.45) is 0 Å². The van der Waals surface area contributed by atoms with Gasteiger partial charge in [0.05, 0.1) is 21.9 Å². The molecule has 0 bridgehead atoms. The van der Waals surface area contributed by atoms with Crippen LogP contribution in [0.4, 0.5) is 22.4 Å². The van der Waals surface area contributed by atoms with Gasteiger partial charge in [-0.25, -0.2) is 13.9 Å². The van der Waals surface area contributed by atoms with Crippen LogP contribution in [0, 0.1) is 5.82 Å². The Hall–Kier alpha value is -2.78. The Labute approximate surface area is 178 Å². The van der Waals surface area contributed by atoms with Crippen LogP contribution in [0.25, 0.3) is 5.69 Å². The van der Waals surface area contributed by atoms with Crippen LogP contribution in [-0.2, 0) is 12.6 Å². The highest BCUT2D eigenvalue weighted by Gasteiger charge is 2.40. The van der Waals surface area contributed by atoms with Crippen molar-refractivity contribution in [3.8, 4) is 11.4 Å². The maximum atomic E-state index is 13.5. The van der Waals surface area contributed by atoms with E-state index in [1.54, 1.807) is 18.2 Å². The van der Waals surface area contributed by atoms with Crippen molar-refractivity contribution >= 4 is 29.3 Å². The van der Waals surface area contributed by atoms with E-state index < -0.39 is 29.5 Å². The van der Waals surface area contributed by atoms with E-state index in [0.29, 0.717) is 21.1 Å². The minimum atomic E-state index is -4.87. The Kier molecular flexibility index (Phi) is 6.52. The first-order valence-electron chi connectivity index (χ1n) is 8.46. The molecule has 158 valence electrons. The molecule has 30 heavy (non-hydrogen) atoms. The fraction of sp³-hybridized carbons (Fsp3) is 0.158. The van der Waals surface area contributed by atoms with Crippen LogP contribution < -0.4 is 10.1 Å². The average molecular weight is 462 g/mol.